The van der Waals surface area contributed by atoms with E-state index in [2.05, 4.69) is 4.98 Å². The van der Waals surface area contributed by atoms with Gasteiger partial charge in [-0.15, -0.1) is 11.6 Å². The van der Waals surface area contributed by atoms with Crippen LogP contribution >= 0.6 is 11.6 Å². The van der Waals surface area contributed by atoms with Gasteiger partial charge in [0, 0.05) is 22.7 Å². The monoisotopic (exact) mass is 296 g/mol. The molecule has 1 aromatic heterocycles. The molecule has 1 unspecified atom stereocenters. The van der Waals surface area contributed by atoms with Gasteiger partial charge in [-0.25, -0.2) is 0 Å². The number of alkyl halides is 1. The van der Waals surface area contributed by atoms with Crippen molar-refractivity contribution in [3.05, 3.63) is 33.1 Å². The highest BCUT2D eigenvalue weighted by molar-refractivity contribution is 6.20. The van der Waals surface area contributed by atoms with Crippen molar-refractivity contribution in [3.8, 4) is 0 Å². The van der Waals surface area contributed by atoms with Crippen LogP contribution in [0.5, 0.6) is 0 Å². The van der Waals surface area contributed by atoms with Crippen molar-refractivity contribution in [2.75, 3.05) is 0 Å². The van der Waals surface area contributed by atoms with Gasteiger partial charge < -0.3 is 0 Å². The molecule has 1 saturated carbocycles. The molecule has 1 fully saturated rings. The lowest BCUT2D eigenvalue weighted by Gasteiger charge is -2.16. The summed E-state index contributed by atoms with van der Waals surface area (Å²) in [5.41, 5.74) is 2.31. The van der Waals surface area contributed by atoms with E-state index in [9.17, 15) is 10.1 Å². The predicted octanol–water partition coefficient (Wildman–Crippen LogP) is 4.34. The first kappa shape index (κ1) is 15.2. The summed E-state index contributed by atoms with van der Waals surface area (Å²) in [6, 6.07) is 0. The van der Waals surface area contributed by atoms with Gasteiger partial charge in [-0.1, -0.05) is 12.8 Å². The number of rotatable bonds is 5. The van der Waals surface area contributed by atoms with Crippen LogP contribution in [0.3, 0.4) is 0 Å². The van der Waals surface area contributed by atoms with Crippen molar-refractivity contribution in [2.24, 2.45) is 5.92 Å². The van der Waals surface area contributed by atoms with Crippen LogP contribution < -0.4 is 0 Å². The Morgan fingerprint density at radius 1 is 1.45 bits per heavy atom. The lowest BCUT2D eigenvalue weighted by atomic mass is 9.97. The van der Waals surface area contributed by atoms with Crippen molar-refractivity contribution in [2.45, 2.75) is 57.7 Å². The second-order valence-electron chi connectivity index (χ2n) is 5.72. The summed E-state index contributed by atoms with van der Waals surface area (Å²) >= 11 is 6.46. The first-order valence-electron chi connectivity index (χ1n) is 7.24. The fraction of sp³-hybridized carbons (Fsp3) is 0.667. The molecule has 1 heterocycles. The minimum absolute atomic E-state index is 0.166. The first-order valence-corrected chi connectivity index (χ1v) is 7.68. The van der Waals surface area contributed by atoms with Crippen LogP contribution in [0.1, 0.15) is 48.9 Å². The average molecular weight is 297 g/mol. The summed E-state index contributed by atoms with van der Waals surface area (Å²) in [6.45, 7) is 3.51. The van der Waals surface area contributed by atoms with Crippen LogP contribution in [0.4, 0.5) is 5.69 Å². The fourth-order valence-corrected chi connectivity index (χ4v) is 3.49. The molecule has 1 aromatic rings. The van der Waals surface area contributed by atoms with Gasteiger partial charge in [0.15, 0.2) is 0 Å². The largest absolute Gasteiger partial charge is 0.278 e. The third-order valence-corrected chi connectivity index (χ3v) is 4.90. The molecule has 1 aliphatic carbocycles. The molecule has 5 heteroatoms. The van der Waals surface area contributed by atoms with E-state index in [4.69, 9.17) is 11.6 Å². The van der Waals surface area contributed by atoms with Crippen LogP contribution in [-0.4, -0.2) is 15.3 Å². The molecule has 0 N–H and O–H groups in total. The molecule has 0 spiro atoms. The van der Waals surface area contributed by atoms with E-state index in [0.717, 1.165) is 18.5 Å². The van der Waals surface area contributed by atoms with E-state index in [-0.39, 0.29) is 16.0 Å². The van der Waals surface area contributed by atoms with Crippen LogP contribution in [0.2, 0.25) is 0 Å². The van der Waals surface area contributed by atoms with Gasteiger partial charge >= 0.3 is 0 Å². The number of hydrogen-bond donors (Lipinski definition) is 0. The Kier molecular flexibility index (Phi) is 4.97. The summed E-state index contributed by atoms with van der Waals surface area (Å²) in [6.07, 6.45) is 8.16. The number of pyridine rings is 1. The summed E-state index contributed by atoms with van der Waals surface area (Å²) in [5.74, 6) is 0.609. The lowest BCUT2D eigenvalue weighted by molar-refractivity contribution is -0.386. The van der Waals surface area contributed by atoms with Gasteiger partial charge in [0.25, 0.3) is 5.69 Å². The number of nitrogens with zero attached hydrogens (tertiary/aromatic N) is 2. The van der Waals surface area contributed by atoms with Crippen molar-refractivity contribution in [3.63, 3.8) is 0 Å². The van der Waals surface area contributed by atoms with Crippen molar-refractivity contribution < 1.29 is 4.92 Å². The topological polar surface area (TPSA) is 56.0 Å². The maximum absolute atomic E-state index is 11.1. The average Bonchev–Trinajstić information content (AvgIpc) is 2.91. The number of aromatic nitrogens is 1. The molecule has 0 aliphatic heterocycles. The molecular formula is C15H21ClN2O2. The molecule has 4 nitrogen and oxygen atoms in total. The van der Waals surface area contributed by atoms with E-state index < -0.39 is 0 Å². The zero-order chi connectivity index (χ0) is 14.7. The Morgan fingerprint density at radius 2 is 2.10 bits per heavy atom. The maximum atomic E-state index is 11.1. The molecule has 2 rings (SSSR count). The highest BCUT2D eigenvalue weighted by Gasteiger charge is 2.24. The number of aryl methyl sites for hydroxylation is 2. The normalized spacial score (nSPS) is 17.4. The third kappa shape index (κ3) is 3.29. The van der Waals surface area contributed by atoms with Crippen molar-refractivity contribution in [1.82, 2.24) is 4.98 Å². The molecule has 20 heavy (non-hydrogen) atoms. The quantitative estimate of drug-likeness (QED) is 0.461. The molecule has 0 bridgehead atoms. The van der Waals surface area contributed by atoms with Gasteiger partial charge in [0.2, 0.25) is 0 Å². The molecule has 0 saturated heterocycles. The van der Waals surface area contributed by atoms with Gasteiger partial charge in [-0.05, 0) is 45.4 Å². The zero-order valence-corrected chi connectivity index (χ0v) is 12.8. The van der Waals surface area contributed by atoms with E-state index in [1.807, 2.05) is 0 Å². The maximum Gasteiger partial charge on any atom is 0.278 e. The van der Waals surface area contributed by atoms with Crippen molar-refractivity contribution in [1.29, 1.82) is 0 Å². The summed E-state index contributed by atoms with van der Waals surface area (Å²) in [5, 5.41) is 11.3. The third-order valence-electron chi connectivity index (χ3n) is 4.33. The number of hydrogen-bond acceptors (Lipinski definition) is 3. The van der Waals surface area contributed by atoms with Gasteiger partial charge in [0.05, 0.1) is 10.6 Å². The van der Waals surface area contributed by atoms with E-state index >= 15 is 0 Å². The molecular weight excluding hydrogens is 276 g/mol. The molecule has 0 amide bonds. The molecule has 0 aromatic carbocycles. The Morgan fingerprint density at radius 3 is 2.70 bits per heavy atom. The standard InChI is InChI=1S/C15H21ClN2O2/c1-10-9-17-14(11(2)15(10)18(19)20)8-7-13(16)12-5-3-4-6-12/h9,12-13H,3-8H2,1-2H3. The Balaban J connectivity index is 2.06. The van der Waals surface area contributed by atoms with E-state index in [0.29, 0.717) is 17.0 Å². The van der Waals surface area contributed by atoms with Crippen molar-refractivity contribution >= 4 is 17.3 Å². The molecule has 1 atom stereocenters. The zero-order valence-electron chi connectivity index (χ0n) is 12.1. The highest BCUT2D eigenvalue weighted by Crippen LogP contribution is 2.33. The number of halogens is 1. The van der Waals surface area contributed by atoms with Crippen LogP contribution in [0, 0.1) is 29.9 Å². The predicted molar refractivity (Wildman–Crippen MR) is 80.3 cm³/mol. The van der Waals surface area contributed by atoms with E-state index in [1.165, 1.54) is 25.7 Å². The van der Waals surface area contributed by atoms with Gasteiger partial charge in [0.1, 0.15) is 0 Å². The minimum atomic E-state index is -0.314. The lowest BCUT2D eigenvalue weighted by Crippen LogP contribution is -2.13. The van der Waals surface area contributed by atoms with Gasteiger partial charge in [-0.3, -0.25) is 15.1 Å². The Hall–Kier alpha value is -1.16. The number of nitro groups is 1. The first-order chi connectivity index (χ1) is 9.50. The molecule has 0 radical (unpaired) electrons. The van der Waals surface area contributed by atoms with Crippen LogP contribution in [-0.2, 0) is 6.42 Å². The Bertz CT molecular complexity index is 499. The molecule has 1 aliphatic rings. The fourth-order valence-electron chi connectivity index (χ4n) is 3.13. The summed E-state index contributed by atoms with van der Waals surface area (Å²) in [4.78, 5) is 15.1. The SMILES string of the molecule is Cc1cnc(CCC(Cl)C2CCCC2)c(C)c1[N+](=O)[O-]. The second-order valence-corrected chi connectivity index (χ2v) is 6.28. The molecule has 110 valence electrons. The second kappa shape index (κ2) is 6.53. The summed E-state index contributed by atoms with van der Waals surface area (Å²) < 4.78 is 0. The van der Waals surface area contributed by atoms with Crippen LogP contribution in [0.25, 0.3) is 0 Å². The van der Waals surface area contributed by atoms with Crippen LogP contribution in [0.15, 0.2) is 6.20 Å². The Labute approximate surface area is 124 Å². The smallest absolute Gasteiger partial charge is 0.260 e. The minimum Gasteiger partial charge on any atom is -0.260 e. The van der Waals surface area contributed by atoms with E-state index in [1.54, 1.807) is 20.0 Å². The summed E-state index contributed by atoms with van der Waals surface area (Å²) in [7, 11) is 0. The highest BCUT2D eigenvalue weighted by atomic mass is 35.5. The van der Waals surface area contributed by atoms with Gasteiger partial charge in [-0.2, -0.15) is 0 Å².